The van der Waals surface area contributed by atoms with E-state index in [9.17, 15) is 4.79 Å². The fourth-order valence-electron chi connectivity index (χ4n) is 2.64. The van der Waals surface area contributed by atoms with Crippen LogP contribution in [-0.2, 0) is 6.42 Å². The average molecular weight is 237 g/mol. The Kier molecular flexibility index (Phi) is 2.44. The van der Waals surface area contributed by atoms with Gasteiger partial charge in [-0.2, -0.15) is 0 Å². The first kappa shape index (κ1) is 11.0. The van der Waals surface area contributed by atoms with Gasteiger partial charge in [0.2, 0.25) is 0 Å². The number of benzene rings is 2. The van der Waals surface area contributed by atoms with E-state index in [0.29, 0.717) is 0 Å². The van der Waals surface area contributed by atoms with Crippen LogP contribution in [0.4, 0.5) is 0 Å². The number of H-pyrrole nitrogens is 1. The first-order valence-electron chi connectivity index (χ1n) is 6.25. The summed E-state index contributed by atoms with van der Waals surface area (Å²) in [7, 11) is 0. The van der Waals surface area contributed by atoms with Crippen molar-refractivity contribution in [3.05, 3.63) is 57.9 Å². The first-order valence-corrected chi connectivity index (χ1v) is 6.25. The lowest BCUT2D eigenvalue weighted by Crippen LogP contribution is -2.12. The summed E-state index contributed by atoms with van der Waals surface area (Å²) in [6, 6.07) is 12.1. The van der Waals surface area contributed by atoms with Crippen LogP contribution >= 0.6 is 0 Å². The molecule has 0 aliphatic carbocycles. The molecule has 18 heavy (non-hydrogen) atoms. The predicted octanol–water partition coefficient (Wildman–Crippen LogP) is 3.55. The second-order valence-corrected chi connectivity index (χ2v) is 4.62. The largest absolute Gasteiger partial charge is 0.358 e. The van der Waals surface area contributed by atoms with Gasteiger partial charge in [-0.15, -0.1) is 0 Å². The van der Waals surface area contributed by atoms with Crippen LogP contribution in [0.3, 0.4) is 0 Å². The second-order valence-electron chi connectivity index (χ2n) is 4.62. The van der Waals surface area contributed by atoms with E-state index in [-0.39, 0.29) is 5.43 Å². The van der Waals surface area contributed by atoms with Crippen molar-refractivity contribution < 1.29 is 0 Å². The fourth-order valence-corrected chi connectivity index (χ4v) is 2.64. The van der Waals surface area contributed by atoms with Gasteiger partial charge in [-0.1, -0.05) is 37.3 Å². The molecule has 0 bridgehead atoms. The molecule has 0 saturated heterocycles. The highest BCUT2D eigenvalue weighted by atomic mass is 16.1. The van der Waals surface area contributed by atoms with Crippen molar-refractivity contribution in [1.82, 2.24) is 4.98 Å². The van der Waals surface area contributed by atoms with Gasteiger partial charge in [0.05, 0.1) is 10.9 Å². The summed E-state index contributed by atoms with van der Waals surface area (Å²) in [5.41, 5.74) is 2.96. The standard InChI is InChI=1S/C16H15NO/c1-3-12-10(2)17-14-9-8-11-6-4-5-7-13(11)15(14)16(12)18/h4-9H,3H2,1-2H3,(H,17,18). The van der Waals surface area contributed by atoms with Crippen molar-refractivity contribution in [2.75, 3.05) is 0 Å². The fraction of sp³-hybridized carbons (Fsp3) is 0.188. The van der Waals surface area contributed by atoms with Crippen LogP contribution in [0.1, 0.15) is 18.2 Å². The third-order valence-electron chi connectivity index (χ3n) is 3.56. The van der Waals surface area contributed by atoms with E-state index < -0.39 is 0 Å². The summed E-state index contributed by atoms with van der Waals surface area (Å²) in [5.74, 6) is 0. The number of hydrogen-bond donors (Lipinski definition) is 1. The van der Waals surface area contributed by atoms with Gasteiger partial charge in [0.15, 0.2) is 5.43 Å². The van der Waals surface area contributed by atoms with Crippen molar-refractivity contribution in [2.24, 2.45) is 0 Å². The monoisotopic (exact) mass is 237 g/mol. The molecule has 0 aliphatic rings. The molecule has 0 spiro atoms. The molecular weight excluding hydrogens is 222 g/mol. The summed E-state index contributed by atoms with van der Waals surface area (Å²) in [4.78, 5) is 15.9. The minimum absolute atomic E-state index is 0.167. The molecule has 2 nitrogen and oxygen atoms in total. The summed E-state index contributed by atoms with van der Waals surface area (Å²) in [6.07, 6.45) is 0.764. The molecule has 1 aromatic heterocycles. The number of aromatic amines is 1. The van der Waals surface area contributed by atoms with E-state index in [1.54, 1.807) is 0 Å². The van der Waals surface area contributed by atoms with E-state index in [2.05, 4.69) is 11.1 Å². The third-order valence-corrected chi connectivity index (χ3v) is 3.56. The molecule has 0 atom stereocenters. The summed E-state index contributed by atoms with van der Waals surface area (Å²) in [5, 5.41) is 2.96. The van der Waals surface area contributed by atoms with Gasteiger partial charge >= 0.3 is 0 Å². The van der Waals surface area contributed by atoms with Gasteiger partial charge < -0.3 is 4.98 Å². The predicted molar refractivity (Wildman–Crippen MR) is 76.2 cm³/mol. The van der Waals surface area contributed by atoms with Crippen molar-refractivity contribution in [2.45, 2.75) is 20.3 Å². The summed E-state index contributed by atoms with van der Waals surface area (Å²) in [6.45, 7) is 3.99. The topological polar surface area (TPSA) is 32.9 Å². The minimum Gasteiger partial charge on any atom is -0.358 e. The van der Waals surface area contributed by atoms with Crippen LogP contribution < -0.4 is 5.43 Å². The Morgan fingerprint density at radius 2 is 1.89 bits per heavy atom. The zero-order chi connectivity index (χ0) is 12.7. The number of hydrogen-bond acceptors (Lipinski definition) is 1. The highest BCUT2D eigenvalue weighted by molar-refractivity contribution is 6.06. The van der Waals surface area contributed by atoms with E-state index in [1.165, 1.54) is 0 Å². The maximum atomic E-state index is 12.6. The Balaban J connectivity index is 2.61. The quantitative estimate of drug-likeness (QED) is 0.645. The molecule has 2 heteroatoms. The van der Waals surface area contributed by atoms with E-state index in [0.717, 1.165) is 39.4 Å². The molecule has 0 amide bonds. The van der Waals surface area contributed by atoms with Crippen LogP contribution in [0.25, 0.3) is 21.7 Å². The zero-order valence-electron chi connectivity index (χ0n) is 10.6. The minimum atomic E-state index is 0.167. The molecule has 0 saturated carbocycles. The lowest BCUT2D eigenvalue weighted by atomic mass is 10.0. The Bertz CT molecular complexity index is 799. The molecule has 0 unspecified atom stereocenters. The summed E-state index contributed by atoms with van der Waals surface area (Å²) >= 11 is 0. The van der Waals surface area contributed by atoms with Crippen molar-refractivity contribution in [3.8, 4) is 0 Å². The van der Waals surface area contributed by atoms with Gasteiger partial charge in [-0.25, -0.2) is 0 Å². The Morgan fingerprint density at radius 1 is 1.11 bits per heavy atom. The van der Waals surface area contributed by atoms with Crippen LogP contribution in [0.5, 0.6) is 0 Å². The maximum Gasteiger partial charge on any atom is 0.193 e. The zero-order valence-corrected chi connectivity index (χ0v) is 10.6. The van der Waals surface area contributed by atoms with Gasteiger partial charge in [0, 0.05) is 11.3 Å². The molecule has 90 valence electrons. The molecule has 0 fully saturated rings. The van der Waals surface area contributed by atoms with Gasteiger partial charge in [0.25, 0.3) is 0 Å². The highest BCUT2D eigenvalue weighted by Gasteiger charge is 2.10. The van der Waals surface area contributed by atoms with Crippen molar-refractivity contribution in [3.63, 3.8) is 0 Å². The van der Waals surface area contributed by atoms with Crippen LogP contribution in [-0.4, -0.2) is 4.98 Å². The smallest absolute Gasteiger partial charge is 0.193 e. The summed E-state index contributed by atoms with van der Waals surface area (Å²) < 4.78 is 0. The molecule has 0 aliphatic heterocycles. The molecular formula is C16H15NO. The highest BCUT2D eigenvalue weighted by Crippen LogP contribution is 2.22. The van der Waals surface area contributed by atoms with Crippen molar-refractivity contribution in [1.29, 1.82) is 0 Å². The van der Waals surface area contributed by atoms with Crippen LogP contribution in [0.15, 0.2) is 41.2 Å². The number of rotatable bonds is 1. The molecule has 1 N–H and O–H groups in total. The Morgan fingerprint density at radius 3 is 2.67 bits per heavy atom. The maximum absolute atomic E-state index is 12.6. The van der Waals surface area contributed by atoms with Gasteiger partial charge in [-0.3, -0.25) is 4.79 Å². The number of aryl methyl sites for hydroxylation is 1. The molecule has 3 aromatic rings. The molecule has 3 rings (SSSR count). The normalized spacial score (nSPS) is 11.2. The van der Waals surface area contributed by atoms with E-state index in [1.807, 2.05) is 44.2 Å². The van der Waals surface area contributed by atoms with Crippen LogP contribution in [0, 0.1) is 6.92 Å². The number of aromatic nitrogens is 1. The molecule has 2 aromatic carbocycles. The van der Waals surface area contributed by atoms with Gasteiger partial charge in [-0.05, 0) is 30.2 Å². The number of fused-ring (bicyclic) bond motifs is 3. The second kappa shape index (κ2) is 3.98. The van der Waals surface area contributed by atoms with Gasteiger partial charge in [0.1, 0.15) is 0 Å². The van der Waals surface area contributed by atoms with E-state index >= 15 is 0 Å². The van der Waals surface area contributed by atoms with Crippen LogP contribution in [0.2, 0.25) is 0 Å². The number of pyridine rings is 1. The lowest BCUT2D eigenvalue weighted by molar-refractivity contribution is 1.05. The Labute approximate surface area is 105 Å². The first-order chi connectivity index (χ1) is 8.72. The molecule has 0 radical (unpaired) electrons. The average Bonchev–Trinajstić information content (AvgIpc) is 2.38. The Hall–Kier alpha value is -2.09. The van der Waals surface area contributed by atoms with E-state index in [4.69, 9.17) is 0 Å². The lowest BCUT2D eigenvalue weighted by Gasteiger charge is -2.08. The van der Waals surface area contributed by atoms with Crippen molar-refractivity contribution >= 4 is 21.7 Å². The SMILES string of the molecule is CCc1c(C)[nH]c2ccc3ccccc3c2c1=O. The molecule has 1 heterocycles. The third kappa shape index (κ3) is 1.46. The number of nitrogens with one attached hydrogen (secondary N) is 1.